The summed E-state index contributed by atoms with van der Waals surface area (Å²) in [6, 6.07) is 6.02. The number of para-hydroxylation sites is 1. The third kappa shape index (κ3) is 5.49. The van der Waals surface area contributed by atoms with E-state index in [4.69, 9.17) is 9.47 Å². The van der Waals surface area contributed by atoms with Gasteiger partial charge in [0.1, 0.15) is 0 Å². The van der Waals surface area contributed by atoms with Crippen LogP contribution in [0, 0.1) is 0 Å². The summed E-state index contributed by atoms with van der Waals surface area (Å²) in [5.74, 6) is 1.67. The van der Waals surface area contributed by atoms with Crippen molar-refractivity contribution < 1.29 is 9.47 Å². The Morgan fingerprint density at radius 3 is 2.68 bits per heavy atom. The molecule has 4 nitrogen and oxygen atoms in total. The van der Waals surface area contributed by atoms with Gasteiger partial charge in [-0.15, -0.1) is 0 Å². The molecule has 19 heavy (non-hydrogen) atoms. The summed E-state index contributed by atoms with van der Waals surface area (Å²) >= 11 is 0. The quantitative estimate of drug-likeness (QED) is 0.694. The highest BCUT2D eigenvalue weighted by molar-refractivity contribution is 5.46. The van der Waals surface area contributed by atoms with Gasteiger partial charge in [-0.25, -0.2) is 0 Å². The smallest absolute Gasteiger partial charge is 0.165 e. The monoisotopic (exact) mass is 266 g/mol. The van der Waals surface area contributed by atoms with E-state index in [2.05, 4.69) is 37.3 Å². The zero-order valence-corrected chi connectivity index (χ0v) is 12.5. The first-order chi connectivity index (χ1) is 9.19. The van der Waals surface area contributed by atoms with Gasteiger partial charge in [0.15, 0.2) is 11.5 Å². The van der Waals surface area contributed by atoms with Gasteiger partial charge in [-0.05, 0) is 33.1 Å². The Morgan fingerprint density at radius 2 is 2.05 bits per heavy atom. The standard InChI is InChI=1S/C15H26N2O2/c1-5-16-12-13-8-6-9-14(18-4)15(13)19-11-7-10-17(2)3/h6,8-9,16H,5,7,10-12H2,1-4H3. The van der Waals surface area contributed by atoms with E-state index in [9.17, 15) is 0 Å². The molecule has 0 heterocycles. The number of nitrogens with zero attached hydrogens (tertiary/aromatic N) is 1. The summed E-state index contributed by atoms with van der Waals surface area (Å²) in [5.41, 5.74) is 1.14. The van der Waals surface area contributed by atoms with E-state index < -0.39 is 0 Å². The Kier molecular flexibility index (Phi) is 7.30. The lowest BCUT2D eigenvalue weighted by atomic mass is 10.2. The van der Waals surface area contributed by atoms with Gasteiger partial charge < -0.3 is 19.7 Å². The summed E-state index contributed by atoms with van der Waals surface area (Å²) in [6.07, 6.45) is 1.01. The first kappa shape index (κ1) is 15.8. The lowest BCUT2D eigenvalue weighted by Crippen LogP contribution is -2.17. The number of hydrogen-bond acceptors (Lipinski definition) is 4. The SMILES string of the molecule is CCNCc1cccc(OC)c1OCCCN(C)C. The maximum Gasteiger partial charge on any atom is 0.165 e. The number of benzene rings is 1. The largest absolute Gasteiger partial charge is 0.493 e. The number of methoxy groups -OCH3 is 1. The second-order valence-corrected chi connectivity index (χ2v) is 4.73. The van der Waals surface area contributed by atoms with Crippen molar-refractivity contribution in [1.82, 2.24) is 10.2 Å². The molecule has 0 saturated carbocycles. The fraction of sp³-hybridized carbons (Fsp3) is 0.600. The van der Waals surface area contributed by atoms with Crippen molar-refractivity contribution in [2.24, 2.45) is 0 Å². The number of ether oxygens (including phenoxy) is 2. The van der Waals surface area contributed by atoms with Crippen LogP contribution in [0.5, 0.6) is 11.5 Å². The Hall–Kier alpha value is -1.26. The van der Waals surface area contributed by atoms with Gasteiger partial charge in [0.2, 0.25) is 0 Å². The molecule has 0 atom stereocenters. The zero-order valence-electron chi connectivity index (χ0n) is 12.5. The Balaban J connectivity index is 2.65. The molecule has 0 radical (unpaired) electrons. The van der Waals surface area contributed by atoms with Crippen molar-refractivity contribution in [3.63, 3.8) is 0 Å². The van der Waals surface area contributed by atoms with Crippen LogP contribution in [-0.4, -0.2) is 45.8 Å². The highest BCUT2D eigenvalue weighted by Gasteiger charge is 2.10. The predicted octanol–water partition coefficient (Wildman–Crippen LogP) is 2.14. The van der Waals surface area contributed by atoms with Crippen molar-refractivity contribution in [2.75, 3.05) is 40.9 Å². The Morgan fingerprint density at radius 1 is 1.26 bits per heavy atom. The maximum absolute atomic E-state index is 5.91. The van der Waals surface area contributed by atoms with Crippen molar-refractivity contribution >= 4 is 0 Å². The minimum Gasteiger partial charge on any atom is -0.493 e. The molecule has 0 bridgehead atoms. The highest BCUT2D eigenvalue weighted by Crippen LogP contribution is 2.31. The Labute approximate surface area is 116 Å². The molecule has 1 aromatic carbocycles. The topological polar surface area (TPSA) is 33.7 Å². The third-order valence-electron chi connectivity index (χ3n) is 2.84. The average molecular weight is 266 g/mol. The van der Waals surface area contributed by atoms with Gasteiger partial charge >= 0.3 is 0 Å². The molecule has 0 aliphatic carbocycles. The van der Waals surface area contributed by atoms with Crippen LogP contribution in [0.2, 0.25) is 0 Å². The fourth-order valence-electron chi connectivity index (χ4n) is 1.84. The minimum atomic E-state index is 0.706. The van der Waals surface area contributed by atoms with Crippen molar-refractivity contribution in [3.05, 3.63) is 23.8 Å². The van der Waals surface area contributed by atoms with Gasteiger partial charge in [-0.3, -0.25) is 0 Å². The maximum atomic E-state index is 5.91. The normalized spacial score (nSPS) is 10.8. The van der Waals surface area contributed by atoms with E-state index in [1.165, 1.54) is 0 Å². The molecule has 0 fully saturated rings. The lowest BCUT2D eigenvalue weighted by molar-refractivity contribution is 0.265. The van der Waals surface area contributed by atoms with Gasteiger partial charge in [0.25, 0.3) is 0 Å². The molecule has 0 aliphatic rings. The van der Waals surface area contributed by atoms with E-state index in [1.54, 1.807) is 7.11 Å². The van der Waals surface area contributed by atoms with E-state index in [0.29, 0.717) is 6.61 Å². The molecule has 0 unspecified atom stereocenters. The molecule has 0 amide bonds. The molecular weight excluding hydrogens is 240 g/mol. The van der Waals surface area contributed by atoms with Crippen LogP contribution in [0.4, 0.5) is 0 Å². The van der Waals surface area contributed by atoms with Gasteiger partial charge in [0.05, 0.1) is 13.7 Å². The molecule has 108 valence electrons. The molecule has 0 saturated heterocycles. The molecule has 1 rings (SSSR count). The Bertz CT molecular complexity index is 367. The number of rotatable bonds is 9. The number of hydrogen-bond donors (Lipinski definition) is 1. The van der Waals surface area contributed by atoms with Crippen LogP contribution in [0.15, 0.2) is 18.2 Å². The van der Waals surface area contributed by atoms with Gasteiger partial charge in [0, 0.05) is 18.7 Å². The molecule has 1 aromatic rings. The van der Waals surface area contributed by atoms with E-state index >= 15 is 0 Å². The van der Waals surface area contributed by atoms with Gasteiger partial charge in [-0.1, -0.05) is 19.1 Å². The van der Waals surface area contributed by atoms with E-state index in [-0.39, 0.29) is 0 Å². The second-order valence-electron chi connectivity index (χ2n) is 4.73. The summed E-state index contributed by atoms with van der Waals surface area (Å²) in [5, 5.41) is 3.32. The van der Waals surface area contributed by atoms with Crippen LogP contribution in [0.25, 0.3) is 0 Å². The molecular formula is C15H26N2O2. The fourth-order valence-corrected chi connectivity index (χ4v) is 1.84. The van der Waals surface area contributed by atoms with Gasteiger partial charge in [-0.2, -0.15) is 0 Å². The van der Waals surface area contributed by atoms with Crippen LogP contribution >= 0.6 is 0 Å². The van der Waals surface area contributed by atoms with E-state index in [0.717, 1.165) is 43.1 Å². The van der Waals surface area contributed by atoms with Crippen LogP contribution in [-0.2, 0) is 6.54 Å². The van der Waals surface area contributed by atoms with Crippen molar-refractivity contribution in [1.29, 1.82) is 0 Å². The first-order valence-electron chi connectivity index (χ1n) is 6.83. The summed E-state index contributed by atoms with van der Waals surface area (Å²) in [7, 11) is 5.82. The lowest BCUT2D eigenvalue weighted by Gasteiger charge is -2.16. The third-order valence-corrected chi connectivity index (χ3v) is 2.84. The molecule has 0 spiro atoms. The molecule has 1 N–H and O–H groups in total. The second kappa shape index (κ2) is 8.77. The summed E-state index contributed by atoms with van der Waals surface area (Å²) in [6.45, 7) is 5.57. The number of nitrogens with one attached hydrogen (secondary N) is 1. The van der Waals surface area contributed by atoms with Crippen molar-refractivity contribution in [2.45, 2.75) is 19.9 Å². The minimum absolute atomic E-state index is 0.706. The molecule has 4 heteroatoms. The summed E-state index contributed by atoms with van der Waals surface area (Å²) < 4.78 is 11.3. The van der Waals surface area contributed by atoms with Crippen LogP contribution < -0.4 is 14.8 Å². The average Bonchev–Trinajstić information content (AvgIpc) is 2.41. The van der Waals surface area contributed by atoms with Crippen LogP contribution in [0.1, 0.15) is 18.9 Å². The molecule has 0 aliphatic heterocycles. The zero-order chi connectivity index (χ0) is 14.1. The molecule has 0 aromatic heterocycles. The van der Waals surface area contributed by atoms with Crippen molar-refractivity contribution in [3.8, 4) is 11.5 Å². The highest BCUT2D eigenvalue weighted by atomic mass is 16.5. The van der Waals surface area contributed by atoms with Crippen LogP contribution in [0.3, 0.4) is 0 Å². The predicted molar refractivity (Wildman–Crippen MR) is 79.0 cm³/mol. The van der Waals surface area contributed by atoms with E-state index in [1.807, 2.05) is 12.1 Å². The summed E-state index contributed by atoms with van der Waals surface area (Å²) in [4.78, 5) is 2.16. The first-order valence-corrected chi connectivity index (χ1v) is 6.83.